The second kappa shape index (κ2) is 4.65. The van der Waals surface area contributed by atoms with Gasteiger partial charge in [-0.15, -0.1) is 0 Å². The third-order valence-corrected chi connectivity index (χ3v) is 2.39. The van der Waals surface area contributed by atoms with Gasteiger partial charge in [0.2, 0.25) is 5.91 Å². The summed E-state index contributed by atoms with van der Waals surface area (Å²) in [5, 5.41) is 0. The highest BCUT2D eigenvalue weighted by Gasteiger charge is 2.07. The molecular formula is C13H12N2O2. The van der Waals surface area contributed by atoms with Gasteiger partial charge in [0.25, 0.3) is 0 Å². The minimum absolute atomic E-state index is 0.407. The summed E-state index contributed by atoms with van der Waals surface area (Å²) < 4.78 is 5.13. The number of pyridine rings is 1. The number of ether oxygens (including phenoxy) is 1. The molecule has 17 heavy (non-hydrogen) atoms. The molecule has 86 valence electrons. The van der Waals surface area contributed by atoms with E-state index >= 15 is 0 Å². The molecule has 0 radical (unpaired) electrons. The number of amides is 1. The lowest BCUT2D eigenvalue weighted by Crippen LogP contribution is -2.11. The number of rotatable bonds is 3. The maximum absolute atomic E-state index is 11.2. The predicted octanol–water partition coefficient (Wildman–Crippen LogP) is 1.86. The van der Waals surface area contributed by atoms with Crippen LogP contribution >= 0.6 is 0 Å². The van der Waals surface area contributed by atoms with E-state index in [0.29, 0.717) is 11.3 Å². The Morgan fingerprint density at radius 2 is 2.12 bits per heavy atom. The molecule has 0 aliphatic rings. The van der Waals surface area contributed by atoms with Gasteiger partial charge in [0, 0.05) is 17.3 Å². The van der Waals surface area contributed by atoms with E-state index in [4.69, 9.17) is 10.5 Å². The van der Waals surface area contributed by atoms with Crippen molar-refractivity contribution < 1.29 is 9.53 Å². The second-order valence-corrected chi connectivity index (χ2v) is 3.53. The molecule has 4 heteroatoms. The Kier molecular flexibility index (Phi) is 3.05. The van der Waals surface area contributed by atoms with E-state index in [1.54, 1.807) is 25.4 Å². The summed E-state index contributed by atoms with van der Waals surface area (Å²) in [4.78, 5) is 15.4. The van der Waals surface area contributed by atoms with E-state index in [9.17, 15) is 4.79 Å². The molecule has 2 N–H and O–H groups in total. The highest BCUT2D eigenvalue weighted by molar-refractivity contribution is 5.94. The van der Waals surface area contributed by atoms with Gasteiger partial charge in [0.1, 0.15) is 5.75 Å². The molecule has 1 aromatic heterocycles. The zero-order valence-electron chi connectivity index (χ0n) is 9.38. The average Bonchev–Trinajstić information content (AvgIpc) is 2.39. The minimum Gasteiger partial charge on any atom is -0.497 e. The van der Waals surface area contributed by atoms with Crippen molar-refractivity contribution in [2.45, 2.75) is 0 Å². The number of carbonyl (C=O) groups excluding carboxylic acids is 1. The van der Waals surface area contributed by atoms with Gasteiger partial charge in [-0.05, 0) is 30.3 Å². The van der Waals surface area contributed by atoms with Crippen LogP contribution in [0, 0.1) is 0 Å². The summed E-state index contributed by atoms with van der Waals surface area (Å²) in [5.41, 5.74) is 7.25. The Balaban J connectivity index is 2.54. The van der Waals surface area contributed by atoms with E-state index in [1.807, 2.05) is 24.3 Å². The molecule has 0 aliphatic carbocycles. The van der Waals surface area contributed by atoms with Crippen LogP contribution in [0.25, 0.3) is 11.3 Å². The van der Waals surface area contributed by atoms with E-state index in [0.717, 1.165) is 11.3 Å². The molecule has 0 spiro atoms. The predicted molar refractivity (Wildman–Crippen MR) is 64.7 cm³/mol. The molecule has 0 saturated carbocycles. The van der Waals surface area contributed by atoms with Crippen molar-refractivity contribution in [2.75, 3.05) is 7.11 Å². The molecule has 0 saturated heterocycles. The summed E-state index contributed by atoms with van der Waals surface area (Å²) in [6.07, 6.45) is 1.69. The lowest BCUT2D eigenvalue weighted by molar-refractivity contribution is 0.1000. The normalized spacial score (nSPS) is 9.94. The molecule has 2 aromatic rings. The first kappa shape index (κ1) is 11.1. The van der Waals surface area contributed by atoms with Gasteiger partial charge in [-0.1, -0.05) is 6.07 Å². The molecule has 1 heterocycles. The van der Waals surface area contributed by atoms with Crippen LogP contribution in [0.15, 0.2) is 42.6 Å². The highest BCUT2D eigenvalue weighted by atomic mass is 16.5. The van der Waals surface area contributed by atoms with E-state index in [1.165, 1.54) is 0 Å². The van der Waals surface area contributed by atoms with Gasteiger partial charge in [-0.25, -0.2) is 0 Å². The van der Waals surface area contributed by atoms with Crippen molar-refractivity contribution in [1.82, 2.24) is 4.98 Å². The fourth-order valence-electron chi connectivity index (χ4n) is 1.54. The number of aromatic nitrogens is 1. The van der Waals surface area contributed by atoms with Crippen molar-refractivity contribution in [3.8, 4) is 17.0 Å². The van der Waals surface area contributed by atoms with E-state index in [-0.39, 0.29) is 0 Å². The smallest absolute Gasteiger partial charge is 0.248 e. The average molecular weight is 228 g/mol. The summed E-state index contributed by atoms with van der Waals surface area (Å²) in [7, 11) is 1.54. The first-order valence-corrected chi connectivity index (χ1v) is 5.11. The first-order valence-electron chi connectivity index (χ1n) is 5.11. The van der Waals surface area contributed by atoms with Crippen LogP contribution in [0.3, 0.4) is 0 Å². The van der Waals surface area contributed by atoms with Gasteiger partial charge in [0.15, 0.2) is 0 Å². The number of nitrogens with zero attached hydrogens (tertiary/aromatic N) is 1. The van der Waals surface area contributed by atoms with E-state index < -0.39 is 5.91 Å². The van der Waals surface area contributed by atoms with Crippen molar-refractivity contribution in [3.63, 3.8) is 0 Å². The summed E-state index contributed by atoms with van der Waals surface area (Å²) in [6.45, 7) is 0. The lowest BCUT2D eigenvalue weighted by Gasteiger charge is -2.06. The van der Waals surface area contributed by atoms with Crippen LogP contribution in [0.2, 0.25) is 0 Å². The Morgan fingerprint density at radius 3 is 2.71 bits per heavy atom. The van der Waals surface area contributed by atoms with Crippen LogP contribution in [0.1, 0.15) is 10.4 Å². The molecule has 0 fully saturated rings. The maximum Gasteiger partial charge on any atom is 0.248 e. The van der Waals surface area contributed by atoms with Crippen LogP contribution in [-0.2, 0) is 0 Å². The Morgan fingerprint density at radius 1 is 1.29 bits per heavy atom. The quantitative estimate of drug-likeness (QED) is 0.871. The zero-order valence-corrected chi connectivity index (χ0v) is 9.38. The van der Waals surface area contributed by atoms with Crippen molar-refractivity contribution in [1.29, 1.82) is 0 Å². The number of benzene rings is 1. The molecular weight excluding hydrogens is 216 g/mol. The highest BCUT2D eigenvalue weighted by Crippen LogP contribution is 2.24. The van der Waals surface area contributed by atoms with Crippen LogP contribution in [0.4, 0.5) is 0 Å². The number of hydrogen-bond donors (Lipinski definition) is 1. The van der Waals surface area contributed by atoms with Gasteiger partial charge in [-0.3, -0.25) is 9.78 Å². The molecule has 0 unspecified atom stereocenters. The number of primary amides is 1. The molecule has 2 rings (SSSR count). The standard InChI is InChI=1S/C13H12N2O2/c1-17-11-7-9(6-10(8-11)13(14)16)12-4-2-3-5-15-12/h2-8H,1H3,(H2,14,16). The third kappa shape index (κ3) is 2.42. The van der Waals surface area contributed by atoms with Crippen LogP contribution < -0.4 is 10.5 Å². The summed E-state index contributed by atoms with van der Waals surface area (Å²) in [5.74, 6) is 0.100. The van der Waals surface area contributed by atoms with Crippen molar-refractivity contribution in [2.24, 2.45) is 5.73 Å². The maximum atomic E-state index is 11.2. The summed E-state index contributed by atoms with van der Waals surface area (Å²) >= 11 is 0. The molecule has 0 atom stereocenters. The van der Waals surface area contributed by atoms with Crippen molar-refractivity contribution in [3.05, 3.63) is 48.2 Å². The summed E-state index contributed by atoms with van der Waals surface area (Å²) in [6, 6.07) is 10.7. The Bertz CT molecular complexity index is 538. The van der Waals surface area contributed by atoms with Crippen LogP contribution in [0.5, 0.6) is 5.75 Å². The Hall–Kier alpha value is -2.36. The Labute approximate surface area is 99.1 Å². The number of hydrogen-bond acceptors (Lipinski definition) is 3. The number of carbonyl (C=O) groups is 1. The zero-order chi connectivity index (χ0) is 12.3. The largest absolute Gasteiger partial charge is 0.497 e. The van der Waals surface area contributed by atoms with Crippen molar-refractivity contribution >= 4 is 5.91 Å². The monoisotopic (exact) mass is 228 g/mol. The number of methoxy groups -OCH3 is 1. The topological polar surface area (TPSA) is 65.2 Å². The fourth-order valence-corrected chi connectivity index (χ4v) is 1.54. The fraction of sp³-hybridized carbons (Fsp3) is 0.0769. The lowest BCUT2D eigenvalue weighted by atomic mass is 10.1. The molecule has 0 aliphatic heterocycles. The first-order chi connectivity index (χ1) is 8.20. The van der Waals surface area contributed by atoms with Gasteiger partial charge < -0.3 is 10.5 Å². The molecule has 0 bridgehead atoms. The van der Waals surface area contributed by atoms with Gasteiger partial charge in [-0.2, -0.15) is 0 Å². The van der Waals surface area contributed by atoms with E-state index in [2.05, 4.69) is 4.98 Å². The molecule has 1 aromatic carbocycles. The van der Waals surface area contributed by atoms with Gasteiger partial charge >= 0.3 is 0 Å². The third-order valence-electron chi connectivity index (χ3n) is 2.39. The number of nitrogens with two attached hydrogens (primary N) is 1. The molecule has 4 nitrogen and oxygen atoms in total. The minimum atomic E-state index is -0.485. The van der Waals surface area contributed by atoms with Crippen LogP contribution in [-0.4, -0.2) is 18.0 Å². The second-order valence-electron chi connectivity index (χ2n) is 3.53. The SMILES string of the molecule is COc1cc(C(N)=O)cc(-c2ccccn2)c1. The van der Waals surface area contributed by atoms with Gasteiger partial charge in [0.05, 0.1) is 12.8 Å². The molecule has 1 amide bonds.